The van der Waals surface area contributed by atoms with Crippen LogP contribution >= 0.6 is 15.9 Å². The van der Waals surface area contributed by atoms with E-state index < -0.39 is 15.4 Å². The summed E-state index contributed by atoms with van der Waals surface area (Å²) in [6, 6.07) is 22.0. The molecule has 1 spiro atoms. The summed E-state index contributed by atoms with van der Waals surface area (Å²) in [5.74, 6) is -0.137. The SMILES string of the molecule is O=C1N(S(=O)(=O)c2ccc(Br)cc2)c2ccccc2[C@@]12[C@@H]1Cc3ccccc3[C@@H]12. The van der Waals surface area contributed by atoms with Gasteiger partial charge in [0.05, 0.1) is 16.0 Å². The summed E-state index contributed by atoms with van der Waals surface area (Å²) in [6.45, 7) is 0. The maximum atomic E-state index is 13.8. The fourth-order valence-electron chi connectivity index (χ4n) is 5.46. The molecule has 3 aliphatic rings. The maximum absolute atomic E-state index is 13.8. The lowest BCUT2D eigenvalue weighted by molar-refractivity contribution is -0.119. The van der Waals surface area contributed by atoms with Gasteiger partial charge in [0.15, 0.2) is 0 Å². The average Bonchev–Trinajstić information content (AvgIpc) is 3.07. The Balaban J connectivity index is 1.53. The van der Waals surface area contributed by atoms with Crippen LogP contribution in [0.4, 0.5) is 5.69 Å². The lowest BCUT2D eigenvalue weighted by Gasteiger charge is -2.19. The van der Waals surface area contributed by atoms with Gasteiger partial charge in [0.1, 0.15) is 0 Å². The molecule has 0 radical (unpaired) electrons. The molecule has 2 aliphatic carbocycles. The van der Waals surface area contributed by atoms with Crippen molar-refractivity contribution in [2.75, 3.05) is 4.31 Å². The van der Waals surface area contributed by atoms with Crippen molar-refractivity contribution in [1.82, 2.24) is 0 Å². The Kier molecular flexibility index (Phi) is 3.35. The van der Waals surface area contributed by atoms with Crippen LogP contribution in [-0.2, 0) is 26.7 Å². The van der Waals surface area contributed by atoms with Crippen LogP contribution in [0.15, 0.2) is 82.2 Å². The summed E-state index contributed by atoms with van der Waals surface area (Å²) < 4.78 is 28.8. The highest BCUT2D eigenvalue weighted by Crippen LogP contribution is 2.75. The van der Waals surface area contributed by atoms with Gasteiger partial charge in [-0.3, -0.25) is 4.79 Å². The van der Waals surface area contributed by atoms with Gasteiger partial charge in [-0.1, -0.05) is 58.4 Å². The van der Waals surface area contributed by atoms with Gasteiger partial charge in [0.25, 0.3) is 15.9 Å². The second-order valence-electron chi connectivity index (χ2n) is 7.90. The minimum atomic E-state index is -3.99. The maximum Gasteiger partial charge on any atom is 0.270 e. The summed E-state index contributed by atoms with van der Waals surface area (Å²) >= 11 is 3.33. The fraction of sp³-hybridized carbons (Fsp3) is 0.174. The first kappa shape index (κ1) is 17.4. The number of anilines is 1. The van der Waals surface area contributed by atoms with Crippen LogP contribution in [0, 0.1) is 5.92 Å². The fourth-order valence-corrected chi connectivity index (χ4v) is 7.21. The molecule has 1 heterocycles. The zero-order chi connectivity index (χ0) is 20.0. The van der Waals surface area contributed by atoms with E-state index in [9.17, 15) is 13.2 Å². The number of carbonyl (C=O) groups excluding carboxylic acids is 1. The zero-order valence-electron chi connectivity index (χ0n) is 15.2. The quantitative estimate of drug-likeness (QED) is 0.563. The standard InChI is InChI=1S/C23H16BrNO3S/c24-15-9-11-16(12-10-15)29(27,28)25-20-8-4-3-7-18(20)23(22(25)26)19-13-14-5-1-2-6-17(14)21(19)23/h1-12,19,21H,13H2/t19-,21+,23+/m1/s1. The zero-order valence-corrected chi connectivity index (χ0v) is 17.7. The van der Waals surface area contributed by atoms with E-state index in [1.165, 1.54) is 23.3 Å². The molecule has 0 saturated heterocycles. The van der Waals surface area contributed by atoms with Gasteiger partial charge in [-0.2, -0.15) is 0 Å². The van der Waals surface area contributed by atoms with Crippen LogP contribution < -0.4 is 4.31 Å². The molecule has 3 atom stereocenters. The van der Waals surface area contributed by atoms with Gasteiger partial charge in [-0.05, 0) is 59.4 Å². The topological polar surface area (TPSA) is 54.5 Å². The number of hydrogen-bond acceptors (Lipinski definition) is 3. The van der Waals surface area contributed by atoms with Crippen LogP contribution in [0.25, 0.3) is 0 Å². The van der Waals surface area contributed by atoms with Crippen LogP contribution in [0.3, 0.4) is 0 Å². The highest BCUT2D eigenvalue weighted by atomic mass is 79.9. The second kappa shape index (κ2) is 5.58. The number of nitrogens with zero attached hydrogens (tertiary/aromatic N) is 1. The van der Waals surface area contributed by atoms with Crippen LogP contribution in [0.2, 0.25) is 0 Å². The third kappa shape index (κ3) is 2.03. The largest absolute Gasteiger partial charge is 0.272 e. The molecule has 1 saturated carbocycles. The summed E-state index contributed by atoms with van der Waals surface area (Å²) in [7, 11) is -3.99. The van der Waals surface area contributed by atoms with Crippen LogP contribution in [0.5, 0.6) is 0 Å². The summed E-state index contributed by atoms with van der Waals surface area (Å²) in [6.07, 6.45) is 0.813. The number of hydrogen-bond donors (Lipinski definition) is 0. The van der Waals surface area contributed by atoms with Gasteiger partial charge in [0.2, 0.25) is 0 Å². The molecular formula is C23H16BrNO3S. The number of carbonyl (C=O) groups is 1. The van der Waals surface area contributed by atoms with Crippen molar-refractivity contribution in [3.05, 3.63) is 94.0 Å². The highest BCUT2D eigenvalue weighted by Gasteiger charge is 2.77. The highest BCUT2D eigenvalue weighted by molar-refractivity contribution is 9.10. The van der Waals surface area contributed by atoms with E-state index in [-0.39, 0.29) is 22.6 Å². The number of fused-ring (bicyclic) bond motifs is 7. The first-order valence-electron chi connectivity index (χ1n) is 9.50. The number of benzene rings is 3. The van der Waals surface area contributed by atoms with E-state index in [2.05, 4.69) is 28.1 Å². The number of halogens is 1. The van der Waals surface area contributed by atoms with Gasteiger partial charge >= 0.3 is 0 Å². The van der Waals surface area contributed by atoms with Crippen molar-refractivity contribution in [2.24, 2.45) is 5.92 Å². The van der Waals surface area contributed by atoms with Crippen LogP contribution in [0.1, 0.15) is 22.6 Å². The molecule has 1 amide bonds. The Bertz CT molecular complexity index is 1300. The van der Waals surface area contributed by atoms with Crippen molar-refractivity contribution in [3.63, 3.8) is 0 Å². The molecule has 3 aromatic carbocycles. The Labute approximate surface area is 177 Å². The third-order valence-corrected chi connectivity index (χ3v) is 8.90. The van der Waals surface area contributed by atoms with Crippen molar-refractivity contribution >= 4 is 37.5 Å². The van der Waals surface area contributed by atoms with E-state index in [1.54, 1.807) is 24.3 Å². The molecule has 1 aliphatic heterocycles. The Morgan fingerprint density at radius 3 is 2.41 bits per heavy atom. The molecular weight excluding hydrogens is 450 g/mol. The minimum Gasteiger partial charge on any atom is -0.272 e. The van der Waals surface area contributed by atoms with E-state index >= 15 is 0 Å². The summed E-state index contributed by atoms with van der Waals surface area (Å²) in [5, 5.41) is 0. The third-order valence-electron chi connectivity index (χ3n) is 6.66. The van der Waals surface area contributed by atoms with Gasteiger partial charge < -0.3 is 0 Å². The molecule has 0 unspecified atom stereocenters. The van der Waals surface area contributed by atoms with Gasteiger partial charge in [-0.15, -0.1) is 0 Å². The van der Waals surface area contributed by atoms with E-state index in [0.29, 0.717) is 5.69 Å². The van der Waals surface area contributed by atoms with E-state index in [4.69, 9.17) is 0 Å². The van der Waals surface area contributed by atoms with Crippen molar-refractivity contribution < 1.29 is 13.2 Å². The van der Waals surface area contributed by atoms with Crippen molar-refractivity contribution in [3.8, 4) is 0 Å². The average molecular weight is 466 g/mol. The van der Waals surface area contributed by atoms with Crippen molar-refractivity contribution in [1.29, 1.82) is 0 Å². The molecule has 6 rings (SSSR count). The van der Waals surface area contributed by atoms with Gasteiger partial charge in [0, 0.05) is 10.4 Å². The second-order valence-corrected chi connectivity index (χ2v) is 10.6. The number of sulfonamides is 1. The summed E-state index contributed by atoms with van der Waals surface area (Å²) in [5.41, 5.74) is 3.03. The Hall–Kier alpha value is -2.44. The van der Waals surface area contributed by atoms with E-state index in [1.807, 2.05) is 24.3 Å². The lowest BCUT2D eigenvalue weighted by Crippen LogP contribution is -2.39. The Morgan fingerprint density at radius 2 is 1.62 bits per heavy atom. The monoisotopic (exact) mass is 465 g/mol. The first-order chi connectivity index (χ1) is 14.0. The van der Waals surface area contributed by atoms with Crippen LogP contribution in [-0.4, -0.2) is 14.3 Å². The molecule has 29 heavy (non-hydrogen) atoms. The molecule has 6 heteroatoms. The number of para-hydroxylation sites is 1. The number of amides is 1. The number of rotatable bonds is 2. The summed E-state index contributed by atoms with van der Waals surface area (Å²) in [4.78, 5) is 13.9. The molecule has 0 aromatic heterocycles. The minimum absolute atomic E-state index is 0.0532. The molecule has 0 bridgehead atoms. The van der Waals surface area contributed by atoms with Crippen molar-refractivity contribution in [2.45, 2.75) is 22.6 Å². The smallest absolute Gasteiger partial charge is 0.270 e. The molecule has 3 aromatic rings. The molecule has 4 nitrogen and oxygen atoms in total. The van der Waals surface area contributed by atoms with Gasteiger partial charge in [-0.25, -0.2) is 12.7 Å². The first-order valence-corrected chi connectivity index (χ1v) is 11.7. The Morgan fingerprint density at radius 1 is 0.931 bits per heavy atom. The predicted octanol–water partition coefficient (Wildman–Crippen LogP) is 4.39. The predicted molar refractivity (Wildman–Crippen MR) is 113 cm³/mol. The molecule has 0 N–H and O–H groups in total. The lowest BCUT2D eigenvalue weighted by atomic mass is 9.86. The normalized spacial score (nSPS) is 26.4. The molecule has 144 valence electrons. The van der Waals surface area contributed by atoms with E-state index in [0.717, 1.165) is 20.8 Å². The molecule has 1 fully saturated rings.